The van der Waals surface area contributed by atoms with Gasteiger partial charge in [-0.25, -0.2) is 4.39 Å². The predicted molar refractivity (Wildman–Crippen MR) is 78.9 cm³/mol. The van der Waals surface area contributed by atoms with Crippen LogP contribution in [0.25, 0.3) is 0 Å². The largest absolute Gasteiger partial charge is 0.497 e. The number of benzene rings is 2. The minimum Gasteiger partial charge on any atom is -0.497 e. The van der Waals surface area contributed by atoms with E-state index in [0.29, 0.717) is 26.9 Å². The van der Waals surface area contributed by atoms with Crippen LogP contribution in [0.5, 0.6) is 5.75 Å². The molecule has 2 aromatic carbocycles. The second-order valence-electron chi connectivity index (χ2n) is 4.11. The first-order chi connectivity index (χ1) is 9.52. The lowest BCUT2D eigenvalue weighted by atomic mass is 10.2. The van der Waals surface area contributed by atoms with E-state index < -0.39 is 16.6 Å². The second kappa shape index (κ2) is 6.24. The molecule has 0 aromatic heterocycles. The predicted octanol–water partition coefficient (Wildman–Crippen LogP) is 3.38. The fourth-order valence-corrected chi connectivity index (χ4v) is 3.47. The molecule has 3 nitrogen and oxygen atoms in total. The molecule has 106 valence electrons. The van der Waals surface area contributed by atoms with Crippen LogP contribution in [0.4, 0.5) is 10.1 Å². The maximum absolute atomic E-state index is 13.8. The normalized spacial score (nSPS) is 12.2. The van der Waals surface area contributed by atoms with Gasteiger partial charge in [0, 0.05) is 17.3 Å². The van der Waals surface area contributed by atoms with Gasteiger partial charge in [0.15, 0.2) is 0 Å². The van der Waals surface area contributed by atoms with E-state index >= 15 is 0 Å². The van der Waals surface area contributed by atoms with Crippen molar-refractivity contribution < 1.29 is 13.3 Å². The van der Waals surface area contributed by atoms with Crippen LogP contribution in [-0.4, -0.2) is 11.3 Å². The van der Waals surface area contributed by atoms with Crippen LogP contribution >= 0.6 is 11.6 Å². The van der Waals surface area contributed by atoms with Crippen molar-refractivity contribution in [2.45, 2.75) is 10.6 Å². The van der Waals surface area contributed by atoms with E-state index in [9.17, 15) is 8.60 Å². The molecular weight excluding hydrogens is 301 g/mol. The first kappa shape index (κ1) is 14.8. The zero-order valence-corrected chi connectivity index (χ0v) is 12.3. The van der Waals surface area contributed by atoms with Gasteiger partial charge in [-0.1, -0.05) is 23.7 Å². The first-order valence-electron chi connectivity index (χ1n) is 5.77. The minimum absolute atomic E-state index is 0.00373. The summed E-state index contributed by atoms with van der Waals surface area (Å²) in [6.07, 6.45) is 0. The molecular formula is C14H13ClFNO2S. The Hall–Kier alpha value is -1.59. The highest BCUT2D eigenvalue weighted by Gasteiger charge is 2.15. The number of methoxy groups -OCH3 is 1. The quantitative estimate of drug-likeness (QED) is 0.880. The molecule has 0 saturated heterocycles. The molecule has 0 saturated carbocycles. The van der Waals surface area contributed by atoms with Gasteiger partial charge in [-0.15, -0.1) is 0 Å². The van der Waals surface area contributed by atoms with Crippen LogP contribution in [-0.2, 0) is 16.6 Å². The lowest BCUT2D eigenvalue weighted by molar-refractivity contribution is 0.411. The van der Waals surface area contributed by atoms with Crippen molar-refractivity contribution in [3.8, 4) is 5.75 Å². The Balaban J connectivity index is 2.28. The van der Waals surface area contributed by atoms with Crippen LogP contribution in [0.1, 0.15) is 5.56 Å². The fourth-order valence-electron chi connectivity index (χ4n) is 1.75. The topological polar surface area (TPSA) is 52.3 Å². The Kier molecular flexibility index (Phi) is 4.62. The van der Waals surface area contributed by atoms with E-state index in [1.165, 1.54) is 13.2 Å². The molecule has 0 spiro atoms. The van der Waals surface area contributed by atoms with Gasteiger partial charge < -0.3 is 10.5 Å². The molecule has 1 unspecified atom stereocenters. The van der Waals surface area contributed by atoms with E-state index in [2.05, 4.69) is 0 Å². The van der Waals surface area contributed by atoms with E-state index in [1.54, 1.807) is 30.3 Å². The number of anilines is 1. The number of hydrogen-bond acceptors (Lipinski definition) is 3. The van der Waals surface area contributed by atoms with Gasteiger partial charge in [-0.2, -0.15) is 0 Å². The molecule has 0 heterocycles. The Morgan fingerprint density at radius 3 is 2.70 bits per heavy atom. The lowest BCUT2D eigenvalue weighted by Gasteiger charge is -2.09. The van der Waals surface area contributed by atoms with Crippen molar-refractivity contribution in [1.29, 1.82) is 0 Å². The SMILES string of the molecule is COc1ccc(CS(=O)c2c(N)cccc2Cl)c(F)c1. The Bertz CT molecular complexity index is 643. The zero-order chi connectivity index (χ0) is 14.7. The highest BCUT2D eigenvalue weighted by Crippen LogP contribution is 2.28. The van der Waals surface area contributed by atoms with Crippen LogP contribution in [0, 0.1) is 5.82 Å². The Labute approximate surface area is 124 Å². The van der Waals surface area contributed by atoms with Gasteiger partial charge >= 0.3 is 0 Å². The summed E-state index contributed by atoms with van der Waals surface area (Å²) < 4.78 is 31.1. The number of halogens is 2. The van der Waals surface area contributed by atoms with Crippen LogP contribution in [0.15, 0.2) is 41.3 Å². The third-order valence-corrected chi connectivity index (χ3v) is 4.68. The van der Waals surface area contributed by atoms with Gasteiger partial charge in [0.2, 0.25) is 0 Å². The smallest absolute Gasteiger partial charge is 0.131 e. The molecule has 20 heavy (non-hydrogen) atoms. The maximum atomic E-state index is 13.8. The van der Waals surface area contributed by atoms with E-state index in [1.807, 2.05) is 0 Å². The summed E-state index contributed by atoms with van der Waals surface area (Å²) in [7, 11) is -0.0587. The van der Waals surface area contributed by atoms with Crippen LogP contribution in [0.3, 0.4) is 0 Å². The summed E-state index contributed by atoms with van der Waals surface area (Å²) in [6, 6.07) is 9.30. The van der Waals surface area contributed by atoms with Gasteiger partial charge in [-0.3, -0.25) is 4.21 Å². The molecule has 6 heteroatoms. The second-order valence-corrected chi connectivity index (χ2v) is 5.90. The van der Waals surface area contributed by atoms with Crippen molar-refractivity contribution in [1.82, 2.24) is 0 Å². The van der Waals surface area contributed by atoms with E-state index in [4.69, 9.17) is 22.1 Å². The monoisotopic (exact) mass is 313 g/mol. The Morgan fingerprint density at radius 2 is 2.10 bits per heavy atom. The number of rotatable bonds is 4. The molecule has 2 N–H and O–H groups in total. The molecule has 0 fully saturated rings. The number of nitrogen functional groups attached to an aromatic ring is 1. The molecule has 2 aromatic rings. The van der Waals surface area contributed by atoms with Crippen molar-refractivity contribution in [2.75, 3.05) is 12.8 Å². The summed E-state index contributed by atoms with van der Waals surface area (Å²) in [5.74, 6) is -0.0540. The first-order valence-corrected chi connectivity index (χ1v) is 7.47. The number of ether oxygens (including phenoxy) is 1. The molecule has 1 atom stereocenters. The summed E-state index contributed by atoms with van der Waals surface area (Å²) in [6.45, 7) is 0. The van der Waals surface area contributed by atoms with Gasteiger partial charge in [-0.05, 0) is 18.2 Å². The highest BCUT2D eigenvalue weighted by molar-refractivity contribution is 7.84. The number of nitrogens with two attached hydrogens (primary N) is 1. The van der Waals surface area contributed by atoms with Gasteiger partial charge in [0.1, 0.15) is 11.6 Å². The maximum Gasteiger partial charge on any atom is 0.131 e. The van der Waals surface area contributed by atoms with E-state index in [0.717, 1.165) is 0 Å². The van der Waals surface area contributed by atoms with Crippen molar-refractivity contribution >= 4 is 28.1 Å². The standard InChI is InChI=1S/C14H13ClFNO2S/c1-19-10-6-5-9(12(16)7-10)8-20(18)14-11(15)3-2-4-13(14)17/h2-7H,8,17H2,1H3. The summed E-state index contributed by atoms with van der Waals surface area (Å²) >= 11 is 5.99. The van der Waals surface area contributed by atoms with E-state index in [-0.39, 0.29) is 5.75 Å². The van der Waals surface area contributed by atoms with Crippen molar-refractivity contribution in [3.05, 3.63) is 52.8 Å². The molecule has 0 amide bonds. The Morgan fingerprint density at radius 1 is 1.35 bits per heavy atom. The highest BCUT2D eigenvalue weighted by atomic mass is 35.5. The third-order valence-electron chi connectivity index (χ3n) is 2.77. The summed E-state index contributed by atoms with van der Waals surface area (Å²) in [5, 5.41) is 0.317. The summed E-state index contributed by atoms with van der Waals surface area (Å²) in [4.78, 5) is 0.337. The average Bonchev–Trinajstić information content (AvgIpc) is 2.41. The van der Waals surface area contributed by atoms with Crippen molar-refractivity contribution in [3.63, 3.8) is 0 Å². The van der Waals surface area contributed by atoms with Crippen molar-refractivity contribution in [2.24, 2.45) is 0 Å². The van der Waals surface area contributed by atoms with Crippen LogP contribution in [0.2, 0.25) is 5.02 Å². The average molecular weight is 314 g/mol. The van der Waals surface area contributed by atoms with Gasteiger partial charge in [0.05, 0.1) is 33.6 Å². The molecule has 0 radical (unpaired) electrons. The fraction of sp³-hybridized carbons (Fsp3) is 0.143. The molecule has 0 bridgehead atoms. The molecule has 0 aliphatic carbocycles. The lowest BCUT2D eigenvalue weighted by Crippen LogP contribution is -2.03. The third kappa shape index (κ3) is 3.11. The molecule has 0 aliphatic heterocycles. The number of hydrogen-bond donors (Lipinski definition) is 1. The van der Waals surface area contributed by atoms with Gasteiger partial charge in [0.25, 0.3) is 0 Å². The summed E-state index contributed by atoms with van der Waals surface area (Å²) in [5.41, 5.74) is 6.43. The van der Waals surface area contributed by atoms with Crippen LogP contribution < -0.4 is 10.5 Å². The molecule has 2 rings (SSSR count). The zero-order valence-electron chi connectivity index (χ0n) is 10.7. The minimum atomic E-state index is -1.51. The molecule has 0 aliphatic rings.